The third-order valence-electron chi connectivity index (χ3n) is 5.35. The molecule has 0 aromatic heterocycles. The molecule has 0 radical (unpaired) electrons. The number of rotatable bonds is 5. The Balaban J connectivity index is 1.41. The zero-order chi connectivity index (χ0) is 20.4. The average molecular weight is 412 g/mol. The van der Waals surface area contributed by atoms with Crippen LogP contribution in [0.25, 0.3) is 0 Å². The second kappa shape index (κ2) is 8.25. The highest BCUT2D eigenvalue weighted by Gasteiger charge is 2.24. The molecule has 0 saturated carbocycles. The van der Waals surface area contributed by atoms with Gasteiger partial charge in [-0.05, 0) is 48.7 Å². The van der Waals surface area contributed by atoms with E-state index in [2.05, 4.69) is 5.32 Å². The van der Waals surface area contributed by atoms with Crippen molar-refractivity contribution in [2.45, 2.75) is 32.2 Å². The standard InChI is InChI=1S/C22H22ClN3O3/c23-18-10-7-16(13-19(18)26-12-2-4-21(26)28)22(29)24-14-15-5-8-17(9-6-15)25-11-1-3-20(25)27/h5-10,13H,1-4,11-12,14H2,(H,24,29). The van der Waals surface area contributed by atoms with Crippen LogP contribution in [-0.2, 0) is 16.1 Å². The van der Waals surface area contributed by atoms with E-state index in [1.807, 2.05) is 24.3 Å². The Hall–Kier alpha value is -2.86. The van der Waals surface area contributed by atoms with E-state index in [9.17, 15) is 14.4 Å². The first-order valence-corrected chi connectivity index (χ1v) is 10.2. The molecule has 0 atom stereocenters. The molecule has 7 heteroatoms. The number of carbonyl (C=O) groups is 3. The summed E-state index contributed by atoms with van der Waals surface area (Å²) in [6.07, 6.45) is 2.79. The Morgan fingerprint density at radius 1 is 0.931 bits per heavy atom. The Kier molecular flexibility index (Phi) is 5.53. The van der Waals surface area contributed by atoms with Gasteiger partial charge in [-0.1, -0.05) is 23.7 Å². The smallest absolute Gasteiger partial charge is 0.251 e. The van der Waals surface area contributed by atoms with Gasteiger partial charge in [0, 0.05) is 43.7 Å². The topological polar surface area (TPSA) is 69.7 Å². The highest BCUT2D eigenvalue weighted by atomic mass is 35.5. The van der Waals surface area contributed by atoms with E-state index in [4.69, 9.17) is 11.6 Å². The van der Waals surface area contributed by atoms with Gasteiger partial charge >= 0.3 is 0 Å². The molecule has 2 aromatic rings. The highest BCUT2D eigenvalue weighted by molar-refractivity contribution is 6.34. The van der Waals surface area contributed by atoms with Crippen LogP contribution in [0.2, 0.25) is 5.02 Å². The third-order valence-corrected chi connectivity index (χ3v) is 5.67. The number of amides is 3. The molecule has 2 fully saturated rings. The second-order valence-electron chi connectivity index (χ2n) is 7.31. The van der Waals surface area contributed by atoms with Crippen molar-refractivity contribution in [3.63, 3.8) is 0 Å². The van der Waals surface area contributed by atoms with Gasteiger partial charge in [0.1, 0.15) is 0 Å². The van der Waals surface area contributed by atoms with Gasteiger partial charge in [-0.2, -0.15) is 0 Å². The molecule has 0 aliphatic carbocycles. The number of hydrogen-bond acceptors (Lipinski definition) is 3. The molecular formula is C22H22ClN3O3. The Bertz CT molecular complexity index is 958. The van der Waals surface area contributed by atoms with E-state index in [0.29, 0.717) is 42.2 Å². The van der Waals surface area contributed by atoms with Crippen molar-refractivity contribution in [1.29, 1.82) is 0 Å². The van der Waals surface area contributed by atoms with Gasteiger partial charge < -0.3 is 15.1 Å². The van der Waals surface area contributed by atoms with E-state index >= 15 is 0 Å². The summed E-state index contributed by atoms with van der Waals surface area (Å²) in [5.41, 5.74) is 2.88. The lowest BCUT2D eigenvalue weighted by Gasteiger charge is -2.18. The average Bonchev–Trinajstić information content (AvgIpc) is 3.35. The van der Waals surface area contributed by atoms with Crippen molar-refractivity contribution in [2.24, 2.45) is 0 Å². The first-order chi connectivity index (χ1) is 14.0. The summed E-state index contributed by atoms with van der Waals surface area (Å²) in [6, 6.07) is 12.6. The van der Waals surface area contributed by atoms with E-state index in [1.165, 1.54) is 0 Å². The van der Waals surface area contributed by atoms with Crippen molar-refractivity contribution in [2.75, 3.05) is 22.9 Å². The summed E-state index contributed by atoms with van der Waals surface area (Å²) in [5, 5.41) is 3.36. The Labute approximate surface area is 174 Å². The molecule has 2 aliphatic heterocycles. The molecule has 29 heavy (non-hydrogen) atoms. The van der Waals surface area contributed by atoms with Crippen LogP contribution in [0.15, 0.2) is 42.5 Å². The number of carbonyl (C=O) groups excluding carboxylic acids is 3. The number of hydrogen-bond donors (Lipinski definition) is 1. The number of halogens is 1. The van der Waals surface area contributed by atoms with Crippen molar-refractivity contribution in [3.8, 4) is 0 Å². The molecule has 2 saturated heterocycles. The van der Waals surface area contributed by atoms with Gasteiger partial charge in [0.25, 0.3) is 5.91 Å². The van der Waals surface area contributed by atoms with Crippen molar-refractivity contribution < 1.29 is 14.4 Å². The van der Waals surface area contributed by atoms with E-state index in [1.54, 1.807) is 28.0 Å². The van der Waals surface area contributed by atoms with E-state index in [-0.39, 0.29) is 17.7 Å². The number of nitrogens with one attached hydrogen (secondary N) is 1. The molecule has 0 spiro atoms. The largest absolute Gasteiger partial charge is 0.348 e. The summed E-state index contributed by atoms with van der Waals surface area (Å²) < 4.78 is 0. The molecule has 1 N–H and O–H groups in total. The predicted molar refractivity (Wildman–Crippen MR) is 112 cm³/mol. The van der Waals surface area contributed by atoms with Crippen LogP contribution in [0.5, 0.6) is 0 Å². The lowest BCUT2D eigenvalue weighted by atomic mass is 10.1. The fourth-order valence-corrected chi connectivity index (χ4v) is 3.98. The van der Waals surface area contributed by atoms with Gasteiger partial charge in [-0.15, -0.1) is 0 Å². The molecule has 3 amide bonds. The molecule has 150 valence electrons. The minimum absolute atomic E-state index is 0.0287. The number of benzene rings is 2. The van der Waals surface area contributed by atoms with Crippen LogP contribution in [-0.4, -0.2) is 30.8 Å². The van der Waals surface area contributed by atoms with E-state index < -0.39 is 0 Å². The lowest BCUT2D eigenvalue weighted by Crippen LogP contribution is -2.26. The first kappa shape index (κ1) is 19.5. The van der Waals surface area contributed by atoms with Crippen LogP contribution in [0, 0.1) is 0 Å². The maximum atomic E-state index is 12.6. The highest BCUT2D eigenvalue weighted by Crippen LogP contribution is 2.30. The predicted octanol–water partition coefficient (Wildman–Crippen LogP) is 3.52. The summed E-state index contributed by atoms with van der Waals surface area (Å²) in [6.45, 7) is 1.75. The molecule has 0 unspecified atom stereocenters. The Morgan fingerprint density at radius 2 is 1.59 bits per heavy atom. The molecule has 6 nitrogen and oxygen atoms in total. The zero-order valence-corrected chi connectivity index (χ0v) is 16.7. The van der Waals surface area contributed by atoms with Crippen LogP contribution in [0.3, 0.4) is 0 Å². The monoisotopic (exact) mass is 411 g/mol. The molecular weight excluding hydrogens is 390 g/mol. The number of anilines is 2. The molecule has 0 bridgehead atoms. The van der Waals surface area contributed by atoms with Gasteiger partial charge in [-0.3, -0.25) is 14.4 Å². The second-order valence-corrected chi connectivity index (χ2v) is 7.72. The quantitative estimate of drug-likeness (QED) is 0.818. The van der Waals surface area contributed by atoms with Crippen molar-refractivity contribution in [3.05, 3.63) is 58.6 Å². The van der Waals surface area contributed by atoms with Crippen molar-refractivity contribution in [1.82, 2.24) is 5.32 Å². The third kappa shape index (κ3) is 4.12. The lowest BCUT2D eigenvalue weighted by molar-refractivity contribution is -0.117. The van der Waals surface area contributed by atoms with Gasteiger partial charge in [0.2, 0.25) is 11.8 Å². The summed E-state index contributed by atoms with van der Waals surface area (Å²) in [4.78, 5) is 39.8. The van der Waals surface area contributed by atoms with Crippen molar-refractivity contribution >= 4 is 40.7 Å². The fourth-order valence-electron chi connectivity index (χ4n) is 3.76. The molecule has 4 rings (SSSR count). The molecule has 2 aromatic carbocycles. The van der Waals surface area contributed by atoms with Gasteiger partial charge in [0.05, 0.1) is 10.7 Å². The normalized spacial score (nSPS) is 16.6. The fraction of sp³-hybridized carbons (Fsp3) is 0.318. The zero-order valence-electron chi connectivity index (χ0n) is 16.0. The molecule has 2 aliphatic rings. The minimum Gasteiger partial charge on any atom is -0.348 e. The minimum atomic E-state index is -0.228. The summed E-state index contributed by atoms with van der Waals surface area (Å²) in [5.74, 6) is -0.0459. The maximum Gasteiger partial charge on any atom is 0.251 e. The molecule has 2 heterocycles. The van der Waals surface area contributed by atoms with Crippen LogP contribution >= 0.6 is 11.6 Å². The number of nitrogens with zero attached hydrogens (tertiary/aromatic N) is 2. The van der Waals surface area contributed by atoms with Crippen LogP contribution < -0.4 is 15.1 Å². The SMILES string of the molecule is O=C(NCc1ccc(N2CCCC2=O)cc1)c1ccc(Cl)c(N2CCCC2=O)c1. The summed E-state index contributed by atoms with van der Waals surface area (Å²) >= 11 is 6.24. The van der Waals surface area contributed by atoms with E-state index in [0.717, 1.165) is 30.6 Å². The Morgan fingerprint density at radius 3 is 2.21 bits per heavy atom. The maximum absolute atomic E-state index is 12.6. The van der Waals surface area contributed by atoms with Gasteiger partial charge in [0.15, 0.2) is 0 Å². The van der Waals surface area contributed by atoms with Crippen LogP contribution in [0.4, 0.5) is 11.4 Å². The summed E-state index contributed by atoms with van der Waals surface area (Å²) in [7, 11) is 0. The first-order valence-electron chi connectivity index (χ1n) is 9.80. The van der Waals surface area contributed by atoms with Crippen LogP contribution in [0.1, 0.15) is 41.6 Å². The van der Waals surface area contributed by atoms with Gasteiger partial charge in [-0.25, -0.2) is 0 Å².